The molecule has 5 heteroatoms. The Labute approximate surface area is 182 Å². The molecule has 0 radical (unpaired) electrons. The summed E-state index contributed by atoms with van der Waals surface area (Å²) in [5.41, 5.74) is 2.85. The number of nitrogens with zero attached hydrogens (tertiary/aromatic N) is 1. The highest BCUT2D eigenvalue weighted by atomic mass is 19.1. The zero-order valence-electron chi connectivity index (χ0n) is 17.5. The lowest BCUT2D eigenvalue weighted by atomic mass is 10.1. The molecule has 3 aromatic rings. The molecule has 0 aliphatic carbocycles. The second-order valence-electron chi connectivity index (χ2n) is 7.91. The molecule has 31 heavy (non-hydrogen) atoms. The SMILES string of the molecule is OC[C@H]1CCCN1Cc1ccc(COc2cccc(OCc3ccccc3F)c2)cc1. The summed E-state index contributed by atoms with van der Waals surface area (Å²) in [6, 6.07) is 22.7. The highest BCUT2D eigenvalue weighted by Crippen LogP contribution is 2.23. The summed E-state index contributed by atoms with van der Waals surface area (Å²) in [5, 5.41) is 9.48. The van der Waals surface area contributed by atoms with Crippen LogP contribution in [0, 0.1) is 5.82 Å². The van der Waals surface area contributed by atoms with Crippen LogP contribution >= 0.6 is 0 Å². The molecule has 0 amide bonds. The molecular formula is C26H28FNO3. The predicted molar refractivity (Wildman–Crippen MR) is 118 cm³/mol. The second-order valence-corrected chi connectivity index (χ2v) is 7.91. The molecule has 1 atom stereocenters. The van der Waals surface area contributed by atoms with Crippen LogP contribution in [0.15, 0.2) is 72.8 Å². The van der Waals surface area contributed by atoms with Gasteiger partial charge in [-0.3, -0.25) is 4.90 Å². The van der Waals surface area contributed by atoms with Crippen molar-refractivity contribution in [2.24, 2.45) is 0 Å². The smallest absolute Gasteiger partial charge is 0.129 e. The molecule has 0 spiro atoms. The van der Waals surface area contributed by atoms with Crippen molar-refractivity contribution in [2.75, 3.05) is 13.2 Å². The monoisotopic (exact) mass is 421 g/mol. The molecular weight excluding hydrogens is 393 g/mol. The van der Waals surface area contributed by atoms with Crippen molar-refractivity contribution in [1.82, 2.24) is 4.90 Å². The molecule has 1 saturated heterocycles. The van der Waals surface area contributed by atoms with Gasteiger partial charge in [-0.1, -0.05) is 48.5 Å². The molecule has 0 bridgehead atoms. The molecule has 1 aliphatic heterocycles. The van der Waals surface area contributed by atoms with Gasteiger partial charge in [0.2, 0.25) is 0 Å². The summed E-state index contributed by atoms with van der Waals surface area (Å²) in [4.78, 5) is 2.35. The van der Waals surface area contributed by atoms with Gasteiger partial charge >= 0.3 is 0 Å². The highest BCUT2D eigenvalue weighted by molar-refractivity contribution is 5.33. The Morgan fingerprint density at radius 1 is 0.871 bits per heavy atom. The molecule has 1 fully saturated rings. The molecule has 4 rings (SSSR count). The molecule has 0 saturated carbocycles. The molecule has 3 aromatic carbocycles. The first-order chi connectivity index (χ1) is 15.2. The van der Waals surface area contributed by atoms with Gasteiger partial charge in [0.15, 0.2) is 0 Å². The molecule has 0 aromatic heterocycles. The largest absolute Gasteiger partial charge is 0.489 e. The van der Waals surface area contributed by atoms with Crippen molar-refractivity contribution in [2.45, 2.75) is 38.6 Å². The van der Waals surface area contributed by atoms with E-state index < -0.39 is 0 Å². The number of hydrogen-bond donors (Lipinski definition) is 1. The average molecular weight is 422 g/mol. The molecule has 4 nitrogen and oxygen atoms in total. The molecule has 0 unspecified atom stereocenters. The lowest BCUT2D eigenvalue weighted by Crippen LogP contribution is -2.31. The molecule has 1 aliphatic rings. The lowest BCUT2D eigenvalue weighted by Gasteiger charge is -2.22. The minimum absolute atomic E-state index is 0.172. The number of rotatable bonds is 9. The molecule has 1 heterocycles. The fourth-order valence-electron chi connectivity index (χ4n) is 3.88. The Balaban J connectivity index is 1.29. The van der Waals surface area contributed by atoms with Crippen molar-refractivity contribution < 1.29 is 19.0 Å². The minimum Gasteiger partial charge on any atom is -0.489 e. The van der Waals surface area contributed by atoms with Gasteiger partial charge in [0.25, 0.3) is 0 Å². The van der Waals surface area contributed by atoms with E-state index in [1.165, 1.54) is 11.6 Å². The molecule has 162 valence electrons. The van der Waals surface area contributed by atoms with Crippen LogP contribution in [0.3, 0.4) is 0 Å². The number of hydrogen-bond acceptors (Lipinski definition) is 4. The second kappa shape index (κ2) is 10.4. The summed E-state index contributed by atoms with van der Waals surface area (Å²) in [6.07, 6.45) is 2.23. The van der Waals surface area contributed by atoms with Gasteiger partial charge < -0.3 is 14.6 Å². The predicted octanol–water partition coefficient (Wildman–Crippen LogP) is 4.94. The van der Waals surface area contributed by atoms with E-state index in [0.29, 0.717) is 23.7 Å². The standard InChI is InChI=1S/C26H28FNO3/c27-26-9-2-1-5-22(26)19-31-25-8-3-7-24(15-25)30-18-21-12-10-20(11-13-21)16-28-14-4-6-23(28)17-29/h1-3,5,7-13,15,23,29H,4,6,14,16-19H2/t23-/m1/s1. The van der Waals surface area contributed by atoms with Gasteiger partial charge in [-0.2, -0.15) is 0 Å². The van der Waals surface area contributed by atoms with Gasteiger partial charge in [0.05, 0.1) is 6.61 Å². The van der Waals surface area contributed by atoms with E-state index in [1.54, 1.807) is 18.2 Å². The average Bonchev–Trinajstić information content (AvgIpc) is 3.25. The van der Waals surface area contributed by atoms with Gasteiger partial charge in [-0.05, 0) is 48.7 Å². The van der Waals surface area contributed by atoms with Gasteiger partial charge in [-0.15, -0.1) is 0 Å². The summed E-state index contributed by atoms with van der Waals surface area (Å²) < 4.78 is 25.4. The first kappa shape index (κ1) is 21.3. The Bertz CT molecular complexity index is 976. The lowest BCUT2D eigenvalue weighted by molar-refractivity contribution is 0.153. The number of likely N-dealkylation sites (tertiary alicyclic amines) is 1. The van der Waals surface area contributed by atoms with Crippen LogP contribution in [0.25, 0.3) is 0 Å². The minimum atomic E-state index is -0.269. The van der Waals surface area contributed by atoms with Crippen molar-refractivity contribution in [3.05, 3.63) is 95.3 Å². The Morgan fingerprint density at radius 2 is 1.58 bits per heavy atom. The van der Waals surface area contributed by atoms with E-state index in [9.17, 15) is 9.50 Å². The van der Waals surface area contributed by atoms with Gasteiger partial charge in [0.1, 0.15) is 30.5 Å². The zero-order chi connectivity index (χ0) is 21.5. The van der Waals surface area contributed by atoms with E-state index in [0.717, 1.165) is 31.5 Å². The van der Waals surface area contributed by atoms with Crippen molar-refractivity contribution >= 4 is 0 Å². The number of benzene rings is 3. The maximum absolute atomic E-state index is 13.7. The number of ether oxygens (including phenoxy) is 2. The Morgan fingerprint density at radius 3 is 2.32 bits per heavy atom. The van der Waals surface area contributed by atoms with E-state index in [1.807, 2.05) is 24.3 Å². The maximum atomic E-state index is 13.7. The van der Waals surface area contributed by atoms with Gasteiger partial charge in [-0.25, -0.2) is 4.39 Å². The zero-order valence-corrected chi connectivity index (χ0v) is 17.5. The van der Waals surface area contributed by atoms with Crippen molar-refractivity contribution in [1.29, 1.82) is 0 Å². The normalized spacial score (nSPS) is 16.4. The summed E-state index contributed by atoms with van der Waals surface area (Å²) in [6.45, 7) is 2.78. The summed E-state index contributed by atoms with van der Waals surface area (Å²) in [7, 11) is 0. The number of aliphatic hydroxyl groups is 1. The maximum Gasteiger partial charge on any atom is 0.129 e. The third-order valence-corrected chi connectivity index (χ3v) is 5.68. The first-order valence-corrected chi connectivity index (χ1v) is 10.7. The third kappa shape index (κ3) is 5.84. The van der Waals surface area contributed by atoms with Gasteiger partial charge in [0, 0.05) is 24.2 Å². The first-order valence-electron chi connectivity index (χ1n) is 10.7. The molecule has 1 N–H and O–H groups in total. The Kier molecular flexibility index (Phi) is 7.18. The number of aliphatic hydroxyl groups excluding tert-OH is 1. The fourth-order valence-corrected chi connectivity index (χ4v) is 3.88. The fraction of sp³-hybridized carbons (Fsp3) is 0.308. The van der Waals surface area contributed by atoms with Crippen LogP contribution in [0.2, 0.25) is 0 Å². The van der Waals surface area contributed by atoms with Crippen LogP contribution in [-0.2, 0) is 19.8 Å². The summed E-state index contributed by atoms with van der Waals surface area (Å²) in [5.74, 6) is 1.08. The topological polar surface area (TPSA) is 41.9 Å². The van der Waals surface area contributed by atoms with E-state index in [4.69, 9.17) is 9.47 Å². The van der Waals surface area contributed by atoms with Crippen molar-refractivity contribution in [3.8, 4) is 11.5 Å². The van der Waals surface area contributed by atoms with E-state index in [-0.39, 0.29) is 25.1 Å². The van der Waals surface area contributed by atoms with Crippen molar-refractivity contribution in [3.63, 3.8) is 0 Å². The van der Waals surface area contributed by atoms with Crippen LogP contribution in [0.5, 0.6) is 11.5 Å². The highest BCUT2D eigenvalue weighted by Gasteiger charge is 2.23. The van der Waals surface area contributed by atoms with E-state index in [2.05, 4.69) is 29.2 Å². The van der Waals surface area contributed by atoms with Crippen LogP contribution < -0.4 is 9.47 Å². The van der Waals surface area contributed by atoms with Crippen LogP contribution in [0.4, 0.5) is 4.39 Å². The Hall–Kier alpha value is -2.89. The van der Waals surface area contributed by atoms with Crippen LogP contribution in [-0.4, -0.2) is 29.2 Å². The third-order valence-electron chi connectivity index (χ3n) is 5.68. The van der Waals surface area contributed by atoms with E-state index >= 15 is 0 Å². The quantitative estimate of drug-likeness (QED) is 0.531. The summed E-state index contributed by atoms with van der Waals surface area (Å²) >= 11 is 0. The van der Waals surface area contributed by atoms with Crippen LogP contribution in [0.1, 0.15) is 29.5 Å². The number of halogens is 1.